The van der Waals surface area contributed by atoms with Gasteiger partial charge in [-0.05, 0) is 70.6 Å². The number of anilines is 1. The minimum Gasteiger partial charge on any atom is -0.443 e. The zero-order chi connectivity index (χ0) is 37.3. The maximum atomic E-state index is 13.5. The van der Waals surface area contributed by atoms with Crippen molar-refractivity contribution in [2.75, 3.05) is 11.5 Å². The summed E-state index contributed by atoms with van der Waals surface area (Å²) in [4.78, 5) is 41.2. The van der Waals surface area contributed by atoms with Gasteiger partial charge in [0.05, 0.1) is 12.9 Å². The van der Waals surface area contributed by atoms with Crippen molar-refractivity contribution >= 4 is 40.9 Å². The summed E-state index contributed by atoms with van der Waals surface area (Å²) in [5, 5.41) is -0.00807. The number of imide groups is 1. The molecule has 1 aliphatic rings. The average molecular weight is 724 g/mol. The highest BCUT2D eigenvalue weighted by Crippen LogP contribution is 2.49. The number of aromatic nitrogens is 4. The predicted octanol–water partition coefficient (Wildman–Crippen LogP) is 9.75. The zero-order valence-electron chi connectivity index (χ0n) is 30.7. The van der Waals surface area contributed by atoms with Gasteiger partial charge in [-0.25, -0.2) is 14.6 Å². The van der Waals surface area contributed by atoms with Gasteiger partial charge in [0, 0.05) is 12.0 Å². The van der Waals surface area contributed by atoms with Crippen molar-refractivity contribution in [3.8, 4) is 0 Å². The average Bonchev–Trinajstić information content (AvgIpc) is 3.50. The lowest BCUT2D eigenvalue weighted by molar-refractivity contribution is -0.0656. The number of ether oxygens (including phenoxy) is 3. The summed E-state index contributed by atoms with van der Waals surface area (Å²) >= 11 is 6.70. The molecule has 1 fully saturated rings. The number of nitrogens with zero attached hydrogens (tertiary/aromatic N) is 5. The number of amides is 2. The van der Waals surface area contributed by atoms with E-state index in [-0.39, 0.29) is 23.1 Å². The molecule has 2 amide bonds. The number of hydrogen-bond acceptors (Lipinski definition) is 8. The first-order chi connectivity index (χ1) is 24.7. The van der Waals surface area contributed by atoms with Crippen molar-refractivity contribution in [1.29, 1.82) is 0 Å². The minimum absolute atomic E-state index is 0.00807. The largest absolute Gasteiger partial charge is 0.443 e. The van der Waals surface area contributed by atoms with Gasteiger partial charge in [0.1, 0.15) is 22.3 Å². The lowest BCUT2D eigenvalue weighted by atomic mass is 9.68. The molecule has 0 radical (unpaired) electrons. The van der Waals surface area contributed by atoms with Crippen LogP contribution in [-0.2, 0) is 19.8 Å². The third kappa shape index (κ3) is 7.54. The van der Waals surface area contributed by atoms with Crippen LogP contribution in [-0.4, -0.2) is 49.5 Å². The Hall–Kier alpha value is -4.80. The molecule has 3 atom stereocenters. The topological polar surface area (TPSA) is 109 Å². The Bertz CT molecular complexity index is 1880. The molecule has 0 spiro atoms. The molecular formula is C41H46ClN5O5. The maximum Gasteiger partial charge on any atom is 0.427 e. The van der Waals surface area contributed by atoms with E-state index in [1.807, 2.05) is 59.2 Å². The van der Waals surface area contributed by atoms with Crippen LogP contribution in [0.5, 0.6) is 0 Å². The van der Waals surface area contributed by atoms with E-state index in [0.717, 1.165) is 29.5 Å². The molecule has 5 aromatic rings. The van der Waals surface area contributed by atoms with E-state index in [4.69, 9.17) is 30.8 Å². The highest BCUT2D eigenvalue weighted by molar-refractivity contribution is 6.33. The van der Waals surface area contributed by atoms with Crippen LogP contribution in [0.25, 0.3) is 11.2 Å². The number of carbonyl (C=O) groups excluding carboxylic acids is 2. The van der Waals surface area contributed by atoms with Gasteiger partial charge in [-0.15, -0.1) is 4.90 Å². The van der Waals surface area contributed by atoms with Gasteiger partial charge in [-0.1, -0.05) is 116 Å². The SMILES string of the molecule is CC[C@H]1C[C@@H](n2cnc3c(Cl)nc(N(C(=O)OC(C)(C)C)C(=O)OC(C)(C)C)nc32)[C@@H]1COC(c1ccccc1)(c1ccccc1)c1ccccc1. The molecule has 3 aromatic carbocycles. The summed E-state index contributed by atoms with van der Waals surface area (Å²) in [6.07, 6.45) is 1.54. The van der Waals surface area contributed by atoms with E-state index in [0.29, 0.717) is 28.6 Å². The Morgan fingerprint density at radius 1 is 0.788 bits per heavy atom. The Balaban J connectivity index is 1.40. The number of fused-ring (bicyclic) bond motifs is 1. The standard InChI is InChI=1S/C41H46ClN5O5/c1-8-27-24-32(31(27)25-50-41(28-18-12-9-13-19-28,29-20-14-10-15-21-29)30-22-16-11-17-23-30)46-26-43-33-34(42)44-36(45-35(33)46)47(37(48)51-39(2,3)4)38(49)52-40(5,6)7/h9-23,26-27,31-32H,8,24-25H2,1-7H3/t27-,31+,32+/m0/s1. The molecule has 6 rings (SSSR count). The third-order valence-electron chi connectivity index (χ3n) is 9.28. The number of hydrogen-bond donors (Lipinski definition) is 0. The van der Waals surface area contributed by atoms with Crippen LogP contribution < -0.4 is 4.90 Å². The molecule has 11 heteroatoms. The van der Waals surface area contributed by atoms with Crippen LogP contribution >= 0.6 is 11.6 Å². The number of benzene rings is 3. The third-order valence-corrected chi connectivity index (χ3v) is 9.54. The molecule has 52 heavy (non-hydrogen) atoms. The highest BCUT2D eigenvalue weighted by Gasteiger charge is 2.46. The second kappa shape index (κ2) is 14.7. The highest BCUT2D eigenvalue weighted by atomic mass is 35.5. The Morgan fingerprint density at radius 3 is 1.71 bits per heavy atom. The second-order valence-corrected chi connectivity index (χ2v) is 15.5. The number of imidazole rings is 1. The van der Waals surface area contributed by atoms with Crippen LogP contribution in [0.2, 0.25) is 5.15 Å². The predicted molar refractivity (Wildman–Crippen MR) is 201 cm³/mol. The van der Waals surface area contributed by atoms with Crippen molar-refractivity contribution in [2.45, 2.75) is 84.2 Å². The Labute approximate surface area is 310 Å². The monoisotopic (exact) mass is 723 g/mol. The van der Waals surface area contributed by atoms with Crippen LogP contribution in [0.1, 0.15) is 84.0 Å². The molecule has 2 heterocycles. The quantitative estimate of drug-likeness (QED) is 0.109. The number of halogens is 1. The van der Waals surface area contributed by atoms with Gasteiger partial charge >= 0.3 is 12.2 Å². The summed E-state index contributed by atoms with van der Waals surface area (Å²) in [5.74, 6) is 0.167. The summed E-state index contributed by atoms with van der Waals surface area (Å²) in [5.41, 5.74) is 1.13. The first-order valence-corrected chi connectivity index (χ1v) is 18.1. The van der Waals surface area contributed by atoms with Crippen molar-refractivity contribution in [3.63, 3.8) is 0 Å². The van der Waals surface area contributed by atoms with Crippen molar-refractivity contribution in [1.82, 2.24) is 19.5 Å². The van der Waals surface area contributed by atoms with Gasteiger partial charge in [-0.3, -0.25) is 0 Å². The second-order valence-electron chi connectivity index (χ2n) is 15.2. The number of rotatable bonds is 9. The number of carbonyl (C=O) groups is 2. The molecule has 0 aliphatic heterocycles. The van der Waals surface area contributed by atoms with Gasteiger partial charge in [0.2, 0.25) is 5.95 Å². The smallest absolute Gasteiger partial charge is 0.427 e. The van der Waals surface area contributed by atoms with Crippen molar-refractivity contribution in [2.24, 2.45) is 11.8 Å². The van der Waals surface area contributed by atoms with E-state index in [1.165, 1.54) is 0 Å². The maximum absolute atomic E-state index is 13.5. The fourth-order valence-corrected chi connectivity index (χ4v) is 7.08. The van der Waals surface area contributed by atoms with E-state index < -0.39 is 29.0 Å². The molecule has 0 bridgehead atoms. The molecule has 0 N–H and O–H groups in total. The lowest BCUT2D eigenvalue weighted by Gasteiger charge is -2.47. The molecular weight excluding hydrogens is 678 g/mol. The van der Waals surface area contributed by atoms with Crippen LogP contribution in [0, 0.1) is 11.8 Å². The molecule has 272 valence electrons. The summed E-state index contributed by atoms with van der Waals surface area (Å²) in [6.45, 7) is 12.8. The summed E-state index contributed by atoms with van der Waals surface area (Å²) in [7, 11) is 0. The Kier molecular flexibility index (Phi) is 10.4. The fourth-order valence-electron chi connectivity index (χ4n) is 6.87. The van der Waals surface area contributed by atoms with Crippen molar-refractivity contribution in [3.05, 3.63) is 119 Å². The van der Waals surface area contributed by atoms with Crippen molar-refractivity contribution < 1.29 is 23.8 Å². The van der Waals surface area contributed by atoms with E-state index in [2.05, 4.69) is 53.3 Å². The summed E-state index contributed by atoms with van der Waals surface area (Å²) < 4.78 is 20.4. The van der Waals surface area contributed by atoms with E-state index in [1.54, 1.807) is 47.9 Å². The van der Waals surface area contributed by atoms with Gasteiger partial charge in [0.25, 0.3) is 0 Å². The minimum atomic E-state index is -0.983. The van der Waals surface area contributed by atoms with Gasteiger partial charge in [-0.2, -0.15) is 9.97 Å². The first-order valence-electron chi connectivity index (χ1n) is 17.7. The van der Waals surface area contributed by atoms with Crippen LogP contribution in [0.4, 0.5) is 15.5 Å². The van der Waals surface area contributed by atoms with Crippen LogP contribution in [0.15, 0.2) is 97.3 Å². The van der Waals surface area contributed by atoms with Gasteiger partial charge in [0.15, 0.2) is 10.8 Å². The normalized spacial score (nSPS) is 17.7. The van der Waals surface area contributed by atoms with E-state index in [9.17, 15) is 9.59 Å². The van der Waals surface area contributed by atoms with Crippen LogP contribution in [0.3, 0.4) is 0 Å². The molecule has 0 unspecified atom stereocenters. The fraction of sp³-hybridized carbons (Fsp3) is 0.390. The molecule has 1 aliphatic carbocycles. The Morgan fingerprint density at radius 2 is 1.27 bits per heavy atom. The molecule has 1 saturated carbocycles. The van der Waals surface area contributed by atoms with E-state index >= 15 is 0 Å². The zero-order valence-corrected chi connectivity index (χ0v) is 31.5. The lowest BCUT2D eigenvalue weighted by Crippen LogP contribution is -2.45. The molecule has 2 aromatic heterocycles. The first kappa shape index (κ1) is 37.0. The summed E-state index contributed by atoms with van der Waals surface area (Å²) in [6, 6.07) is 30.9. The molecule has 0 saturated heterocycles. The van der Waals surface area contributed by atoms with Gasteiger partial charge < -0.3 is 18.8 Å². The molecule has 10 nitrogen and oxygen atoms in total.